The maximum Gasteiger partial charge on any atom is 0.237 e. The fraction of sp³-hybridized carbons (Fsp3) is 0.444. The van der Waals surface area contributed by atoms with Crippen LogP contribution in [0.1, 0.15) is 18.6 Å². The Morgan fingerprint density at radius 2 is 2.20 bits per heavy atom. The number of aryl methyl sites for hydroxylation is 1. The molecule has 0 spiro atoms. The maximum absolute atomic E-state index is 12.2. The third kappa shape index (κ3) is 4.29. The number of carbonyl (C=O) groups excluding carboxylic acids is 2. The van der Waals surface area contributed by atoms with Gasteiger partial charge in [0.15, 0.2) is 0 Å². The van der Waals surface area contributed by atoms with E-state index >= 15 is 0 Å². The Bertz CT molecular complexity index is 726. The number of hydrogen-bond donors (Lipinski definition) is 2. The van der Waals surface area contributed by atoms with Gasteiger partial charge >= 0.3 is 0 Å². The smallest absolute Gasteiger partial charge is 0.237 e. The van der Waals surface area contributed by atoms with E-state index in [1.807, 2.05) is 41.6 Å². The standard InChI is InChI=1S/C18H23N3O3S/c1-19-18(23)14-10-12(11-21(14)2)20-17(22)8-6-13-5-7-15(24-13)16-4-3-9-25-16/h3-5,7,9,12,14H,6,8,10-11H2,1-2H3,(H,19,23)(H,20,22)/t12-,14+/m1/s1. The van der Waals surface area contributed by atoms with Crippen molar-refractivity contribution in [3.05, 3.63) is 35.4 Å². The fourth-order valence-corrected chi connectivity index (χ4v) is 3.86. The van der Waals surface area contributed by atoms with E-state index in [2.05, 4.69) is 10.6 Å². The third-order valence-corrected chi connectivity index (χ3v) is 5.37. The minimum absolute atomic E-state index is 0.00376. The van der Waals surface area contributed by atoms with Gasteiger partial charge in [0.1, 0.15) is 11.5 Å². The zero-order chi connectivity index (χ0) is 17.8. The summed E-state index contributed by atoms with van der Waals surface area (Å²) in [7, 11) is 3.54. The van der Waals surface area contributed by atoms with Gasteiger partial charge in [0.05, 0.1) is 10.9 Å². The van der Waals surface area contributed by atoms with Gasteiger partial charge in [-0.2, -0.15) is 0 Å². The molecule has 3 rings (SSSR count). The number of rotatable bonds is 6. The van der Waals surface area contributed by atoms with E-state index in [9.17, 15) is 9.59 Å². The van der Waals surface area contributed by atoms with Crippen LogP contribution in [0.25, 0.3) is 10.6 Å². The van der Waals surface area contributed by atoms with E-state index in [-0.39, 0.29) is 23.9 Å². The summed E-state index contributed by atoms with van der Waals surface area (Å²) in [5, 5.41) is 7.70. The second-order valence-corrected chi connectivity index (χ2v) is 7.26. The van der Waals surface area contributed by atoms with E-state index in [1.54, 1.807) is 18.4 Å². The second-order valence-electron chi connectivity index (χ2n) is 6.31. The third-order valence-electron chi connectivity index (χ3n) is 4.49. The van der Waals surface area contributed by atoms with Crippen molar-refractivity contribution in [2.45, 2.75) is 31.3 Å². The largest absolute Gasteiger partial charge is 0.460 e. The Balaban J connectivity index is 1.47. The summed E-state index contributed by atoms with van der Waals surface area (Å²) in [6, 6.07) is 7.71. The number of nitrogens with zero attached hydrogens (tertiary/aromatic N) is 1. The van der Waals surface area contributed by atoms with Crippen LogP contribution in [0.15, 0.2) is 34.1 Å². The van der Waals surface area contributed by atoms with Crippen LogP contribution >= 0.6 is 11.3 Å². The molecular formula is C18H23N3O3S. The molecule has 2 aromatic rings. The van der Waals surface area contributed by atoms with Crippen LogP contribution in [0.2, 0.25) is 0 Å². The first-order valence-electron chi connectivity index (χ1n) is 8.40. The van der Waals surface area contributed by atoms with Crippen molar-refractivity contribution in [3.63, 3.8) is 0 Å². The summed E-state index contributed by atoms with van der Waals surface area (Å²) < 4.78 is 5.80. The van der Waals surface area contributed by atoms with Crippen LogP contribution in [0.3, 0.4) is 0 Å². The summed E-state index contributed by atoms with van der Waals surface area (Å²) in [6.45, 7) is 0.688. The Kier molecular flexibility index (Phi) is 5.55. The van der Waals surface area contributed by atoms with Gasteiger partial charge in [-0.15, -0.1) is 11.3 Å². The number of furan rings is 1. The van der Waals surface area contributed by atoms with Gasteiger partial charge in [-0.25, -0.2) is 0 Å². The molecule has 0 unspecified atom stereocenters. The van der Waals surface area contributed by atoms with E-state index in [0.717, 1.165) is 16.4 Å². The van der Waals surface area contributed by atoms with Crippen LogP contribution in [0.5, 0.6) is 0 Å². The lowest BCUT2D eigenvalue weighted by molar-refractivity contribution is -0.125. The molecule has 6 nitrogen and oxygen atoms in total. The van der Waals surface area contributed by atoms with Crippen LogP contribution in [0, 0.1) is 0 Å². The van der Waals surface area contributed by atoms with Gasteiger partial charge in [0, 0.05) is 32.5 Å². The number of likely N-dealkylation sites (tertiary alicyclic amines) is 1. The van der Waals surface area contributed by atoms with E-state index in [1.165, 1.54) is 0 Å². The summed E-state index contributed by atoms with van der Waals surface area (Å²) in [5.41, 5.74) is 0. The first-order valence-corrected chi connectivity index (χ1v) is 9.28. The minimum atomic E-state index is -0.172. The Labute approximate surface area is 151 Å². The van der Waals surface area contributed by atoms with Crippen molar-refractivity contribution in [3.8, 4) is 10.6 Å². The summed E-state index contributed by atoms with van der Waals surface area (Å²) in [6.07, 6.45) is 1.59. The predicted molar refractivity (Wildman–Crippen MR) is 97.4 cm³/mol. The number of amides is 2. The molecule has 1 saturated heterocycles. The first kappa shape index (κ1) is 17.7. The van der Waals surface area contributed by atoms with Crippen LogP contribution in [-0.4, -0.2) is 49.4 Å². The topological polar surface area (TPSA) is 74.6 Å². The molecular weight excluding hydrogens is 338 g/mol. The van der Waals surface area contributed by atoms with Crippen molar-refractivity contribution >= 4 is 23.2 Å². The molecule has 134 valence electrons. The van der Waals surface area contributed by atoms with Gasteiger partial charge in [-0.3, -0.25) is 14.5 Å². The number of likely N-dealkylation sites (N-methyl/N-ethyl adjacent to an activating group) is 2. The molecule has 1 aliphatic rings. The Morgan fingerprint density at radius 3 is 2.92 bits per heavy atom. The molecule has 2 aromatic heterocycles. The predicted octanol–water partition coefficient (Wildman–Crippen LogP) is 1.88. The average molecular weight is 361 g/mol. The lowest BCUT2D eigenvalue weighted by Gasteiger charge is -2.16. The quantitative estimate of drug-likeness (QED) is 0.824. The van der Waals surface area contributed by atoms with Crippen molar-refractivity contribution in [1.29, 1.82) is 0 Å². The van der Waals surface area contributed by atoms with Gasteiger partial charge in [-0.1, -0.05) is 6.07 Å². The van der Waals surface area contributed by atoms with E-state index in [4.69, 9.17) is 4.42 Å². The van der Waals surface area contributed by atoms with Crippen molar-refractivity contribution in [2.24, 2.45) is 0 Å². The molecule has 0 bridgehead atoms. The number of hydrogen-bond acceptors (Lipinski definition) is 5. The number of nitrogens with one attached hydrogen (secondary N) is 2. The van der Waals surface area contributed by atoms with Crippen LogP contribution in [0.4, 0.5) is 0 Å². The van der Waals surface area contributed by atoms with Gasteiger partial charge in [-0.05, 0) is 37.0 Å². The zero-order valence-electron chi connectivity index (χ0n) is 14.5. The molecule has 2 atom stereocenters. The summed E-state index contributed by atoms with van der Waals surface area (Å²) in [4.78, 5) is 27.0. The molecule has 0 aliphatic carbocycles. The van der Waals surface area contributed by atoms with Crippen LogP contribution < -0.4 is 10.6 Å². The minimum Gasteiger partial charge on any atom is -0.460 e. The van der Waals surface area contributed by atoms with Crippen LogP contribution in [-0.2, 0) is 16.0 Å². The van der Waals surface area contributed by atoms with Gasteiger partial charge in [0.25, 0.3) is 0 Å². The van der Waals surface area contributed by atoms with Gasteiger partial charge in [0.2, 0.25) is 11.8 Å². The molecule has 0 saturated carbocycles. The first-order chi connectivity index (χ1) is 12.1. The lowest BCUT2D eigenvalue weighted by atomic mass is 10.1. The number of thiophene rings is 1. The molecule has 1 fully saturated rings. The molecule has 3 heterocycles. The van der Waals surface area contributed by atoms with E-state index < -0.39 is 0 Å². The molecule has 25 heavy (non-hydrogen) atoms. The Hall–Kier alpha value is -2.12. The summed E-state index contributed by atoms with van der Waals surface area (Å²) in [5.74, 6) is 1.64. The van der Waals surface area contributed by atoms with Gasteiger partial charge < -0.3 is 15.1 Å². The lowest BCUT2D eigenvalue weighted by Crippen LogP contribution is -2.39. The van der Waals surface area contributed by atoms with E-state index in [0.29, 0.717) is 25.8 Å². The highest BCUT2D eigenvalue weighted by atomic mass is 32.1. The second kappa shape index (κ2) is 7.84. The SMILES string of the molecule is CNC(=O)[C@@H]1C[C@@H](NC(=O)CCc2ccc(-c3cccs3)o2)CN1C. The Morgan fingerprint density at radius 1 is 1.36 bits per heavy atom. The number of carbonyl (C=O) groups is 2. The average Bonchev–Trinajstić information content (AvgIpc) is 3.32. The molecule has 0 radical (unpaired) electrons. The zero-order valence-corrected chi connectivity index (χ0v) is 15.3. The highest BCUT2D eigenvalue weighted by molar-refractivity contribution is 7.13. The monoisotopic (exact) mass is 361 g/mol. The highest BCUT2D eigenvalue weighted by Crippen LogP contribution is 2.27. The summed E-state index contributed by atoms with van der Waals surface area (Å²) >= 11 is 1.63. The molecule has 7 heteroatoms. The van der Waals surface area contributed by atoms with Crippen molar-refractivity contribution in [1.82, 2.24) is 15.5 Å². The molecule has 1 aliphatic heterocycles. The molecule has 2 N–H and O–H groups in total. The van der Waals surface area contributed by atoms with Crippen molar-refractivity contribution < 1.29 is 14.0 Å². The highest BCUT2D eigenvalue weighted by Gasteiger charge is 2.34. The molecule has 2 amide bonds. The van der Waals surface area contributed by atoms with Crippen molar-refractivity contribution in [2.75, 3.05) is 20.6 Å². The molecule has 0 aromatic carbocycles. The normalized spacial score (nSPS) is 20.6. The fourth-order valence-electron chi connectivity index (χ4n) is 3.18. The maximum atomic E-state index is 12.2.